The molecule has 0 bridgehead atoms. The van der Waals surface area contributed by atoms with E-state index in [1.165, 1.54) is 11.6 Å². The summed E-state index contributed by atoms with van der Waals surface area (Å²) < 4.78 is 17.9. The van der Waals surface area contributed by atoms with Gasteiger partial charge < -0.3 is 4.74 Å². The maximum atomic E-state index is 12.5. The van der Waals surface area contributed by atoms with Crippen molar-refractivity contribution in [3.05, 3.63) is 34.4 Å². The normalized spacial score (nSPS) is 17.2. The summed E-state index contributed by atoms with van der Waals surface area (Å²) in [5, 5.41) is 0. The summed E-state index contributed by atoms with van der Waals surface area (Å²) >= 11 is 5.66. The SMILES string of the molecule is Cc1cc2c(cc1SF)OC/C(=C/Cl)C2=O. The first-order chi connectivity index (χ1) is 7.67. The van der Waals surface area contributed by atoms with Crippen molar-refractivity contribution in [1.82, 2.24) is 0 Å². The Kier molecular flexibility index (Phi) is 3.21. The van der Waals surface area contributed by atoms with Gasteiger partial charge in [0, 0.05) is 16.0 Å². The van der Waals surface area contributed by atoms with Crippen LogP contribution in [0.4, 0.5) is 3.89 Å². The van der Waals surface area contributed by atoms with Crippen LogP contribution in [0.5, 0.6) is 5.75 Å². The van der Waals surface area contributed by atoms with Crippen LogP contribution in [0.25, 0.3) is 0 Å². The molecule has 1 aliphatic rings. The first kappa shape index (κ1) is 11.5. The number of carbonyl (C=O) groups excluding carboxylic acids is 1. The number of fused-ring (bicyclic) bond motifs is 1. The van der Waals surface area contributed by atoms with Gasteiger partial charge in [0.15, 0.2) is 5.78 Å². The number of ether oxygens (including phenoxy) is 1. The van der Waals surface area contributed by atoms with Crippen molar-refractivity contribution < 1.29 is 13.4 Å². The van der Waals surface area contributed by atoms with Gasteiger partial charge >= 0.3 is 0 Å². The van der Waals surface area contributed by atoms with E-state index in [-0.39, 0.29) is 24.5 Å². The number of carbonyl (C=O) groups is 1. The molecule has 0 atom stereocenters. The fraction of sp³-hybridized carbons (Fsp3) is 0.182. The molecule has 5 heteroatoms. The molecular weight excluding hydrogens is 251 g/mol. The third-order valence-electron chi connectivity index (χ3n) is 2.41. The molecular formula is C11H8ClFO2S. The second kappa shape index (κ2) is 4.47. The average Bonchev–Trinajstić information content (AvgIpc) is 2.30. The largest absolute Gasteiger partial charge is 0.488 e. The number of Topliss-reactive ketones (excluding diaryl/α,β-unsaturated/α-hetero) is 1. The van der Waals surface area contributed by atoms with E-state index in [1.807, 2.05) is 0 Å². The van der Waals surface area contributed by atoms with E-state index in [2.05, 4.69) is 0 Å². The zero-order valence-corrected chi connectivity index (χ0v) is 9.99. The summed E-state index contributed by atoms with van der Waals surface area (Å²) in [7, 11) is 0. The van der Waals surface area contributed by atoms with Crippen molar-refractivity contribution in [3.63, 3.8) is 0 Å². The molecule has 0 fully saturated rings. The molecule has 16 heavy (non-hydrogen) atoms. The monoisotopic (exact) mass is 258 g/mol. The average molecular weight is 259 g/mol. The Morgan fingerprint density at radius 3 is 2.94 bits per heavy atom. The van der Waals surface area contributed by atoms with Crippen molar-refractivity contribution in [2.24, 2.45) is 0 Å². The highest BCUT2D eigenvalue weighted by Crippen LogP contribution is 2.34. The first-order valence-electron chi connectivity index (χ1n) is 4.57. The Balaban J connectivity index is 2.54. The maximum absolute atomic E-state index is 12.5. The van der Waals surface area contributed by atoms with Gasteiger partial charge in [-0.1, -0.05) is 11.6 Å². The molecule has 0 saturated carbocycles. The first-order valence-corrected chi connectivity index (χ1v) is 5.72. The lowest BCUT2D eigenvalue weighted by molar-refractivity contribution is 0.0999. The van der Waals surface area contributed by atoms with Crippen LogP contribution in [0, 0.1) is 6.92 Å². The van der Waals surface area contributed by atoms with Gasteiger partial charge in [-0.05, 0) is 24.6 Å². The van der Waals surface area contributed by atoms with E-state index >= 15 is 0 Å². The van der Waals surface area contributed by atoms with Crippen LogP contribution in [0.2, 0.25) is 0 Å². The van der Waals surface area contributed by atoms with Crippen LogP contribution in [0.15, 0.2) is 28.1 Å². The molecule has 2 nitrogen and oxygen atoms in total. The summed E-state index contributed by atoms with van der Waals surface area (Å²) in [6, 6.07) is 3.16. The van der Waals surface area contributed by atoms with E-state index < -0.39 is 0 Å². The third kappa shape index (κ3) is 1.83. The van der Waals surface area contributed by atoms with E-state index in [9.17, 15) is 8.68 Å². The fourth-order valence-corrected chi connectivity index (χ4v) is 2.02. The van der Waals surface area contributed by atoms with Crippen LogP contribution >= 0.6 is 23.7 Å². The minimum Gasteiger partial charge on any atom is -0.488 e. The molecule has 1 aromatic carbocycles. The van der Waals surface area contributed by atoms with Crippen molar-refractivity contribution in [3.8, 4) is 5.75 Å². The van der Waals surface area contributed by atoms with Crippen molar-refractivity contribution in [2.75, 3.05) is 6.61 Å². The van der Waals surface area contributed by atoms with E-state index in [0.29, 0.717) is 27.3 Å². The Morgan fingerprint density at radius 2 is 2.31 bits per heavy atom. The van der Waals surface area contributed by atoms with Gasteiger partial charge in [0.1, 0.15) is 12.4 Å². The number of benzene rings is 1. The Hall–Kier alpha value is -1.00. The Labute approximate surface area is 102 Å². The minimum atomic E-state index is -0.158. The van der Waals surface area contributed by atoms with Gasteiger partial charge in [-0.3, -0.25) is 4.79 Å². The topological polar surface area (TPSA) is 26.3 Å². The predicted molar refractivity (Wildman–Crippen MR) is 61.9 cm³/mol. The molecule has 0 aliphatic carbocycles. The molecule has 0 aromatic heterocycles. The van der Waals surface area contributed by atoms with Crippen LogP contribution in [-0.2, 0) is 0 Å². The lowest BCUT2D eigenvalue weighted by Gasteiger charge is -2.19. The number of hydrogen-bond donors (Lipinski definition) is 0. The highest BCUT2D eigenvalue weighted by molar-refractivity contribution is 7.94. The van der Waals surface area contributed by atoms with Gasteiger partial charge in [-0.25, -0.2) is 0 Å². The zero-order valence-electron chi connectivity index (χ0n) is 8.42. The number of ketones is 1. The van der Waals surface area contributed by atoms with Crippen LogP contribution in [-0.4, -0.2) is 12.4 Å². The standard InChI is InChI=1S/C11H8ClFO2S/c1-6-2-8-9(3-10(6)16-13)15-5-7(4-12)11(8)14/h2-4H,5H2,1H3/b7-4-. The number of hydrogen-bond acceptors (Lipinski definition) is 3. The molecule has 1 aromatic rings. The third-order valence-corrected chi connectivity index (χ3v) is 3.28. The predicted octanol–water partition coefficient (Wildman–Crippen LogP) is 3.67. The van der Waals surface area contributed by atoms with Crippen LogP contribution < -0.4 is 4.74 Å². The number of rotatable bonds is 1. The second-order valence-electron chi connectivity index (χ2n) is 3.44. The van der Waals surface area contributed by atoms with E-state index in [1.54, 1.807) is 13.0 Å². The lowest BCUT2D eigenvalue weighted by Crippen LogP contribution is -2.19. The Bertz CT molecular complexity index is 485. The summed E-state index contributed by atoms with van der Waals surface area (Å²) in [6.07, 6.45) is 0. The zero-order chi connectivity index (χ0) is 11.7. The molecule has 0 N–H and O–H groups in total. The summed E-state index contributed by atoms with van der Waals surface area (Å²) in [6.45, 7) is 1.88. The van der Waals surface area contributed by atoms with Gasteiger partial charge in [-0.15, -0.1) is 0 Å². The van der Waals surface area contributed by atoms with Crippen LogP contribution in [0.3, 0.4) is 0 Å². The van der Waals surface area contributed by atoms with Crippen LogP contribution in [0.1, 0.15) is 15.9 Å². The summed E-state index contributed by atoms with van der Waals surface area (Å²) in [4.78, 5) is 12.3. The van der Waals surface area contributed by atoms with Crippen molar-refractivity contribution in [1.29, 1.82) is 0 Å². The molecule has 1 aliphatic heterocycles. The highest BCUT2D eigenvalue weighted by atomic mass is 35.5. The molecule has 84 valence electrons. The van der Waals surface area contributed by atoms with Gasteiger partial charge in [0.25, 0.3) is 0 Å². The molecule has 0 amide bonds. The van der Waals surface area contributed by atoms with Crippen molar-refractivity contribution >= 4 is 29.5 Å². The number of aryl methyl sites for hydroxylation is 1. The molecule has 0 saturated heterocycles. The number of halogens is 2. The van der Waals surface area contributed by atoms with Gasteiger partial charge in [0.05, 0.1) is 17.7 Å². The molecule has 0 radical (unpaired) electrons. The molecule has 0 unspecified atom stereocenters. The molecule has 0 spiro atoms. The highest BCUT2D eigenvalue weighted by Gasteiger charge is 2.24. The summed E-state index contributed by atoms with van der Waals surface area (Å²) in [5.74, 6) is 0.257. The summed E-state index contributed by atoms with van der Waals surface area (Å²) in [5.41, 5.74) is 2.78. The quantitative estimate of drug-likeness (QED) is 0.719. The second-order valence-corrected chi connectivity index (χ2v) is 4.26. The Morgan fingerprint density at radius 1 is 1.56 bits per heavy atom. The molecule has 1 heterocycles. The molecule has 2 rings (SSSR count). The smallest absolute Gasteiger partial charge is 0.197 e. The van der Waals surface area contributed by atoms with E-state index in [0.717, 1.165) is 0 Å². The fourth-order valence-electron chi connectivity index (χ4n) is 1.52. The maximum Gasteiger partial charge on any atom is 0.197 e. The van der Waals surface area contributed by atoms with Gasteiger partial charge in [0.2, 0.25) is 0 Å². The minimum absolute atomic E-state index is 0.134. The van der Waals surface area contributed by atoms with Gasteiger partial charge in [-0.2, -0.15) is 3.89 Å². The lowest BCUT2D eigenvalue weighted by atomic mass is 10.00. The van der Waals surface area contributed by atoms with E-state index in [4.69, 9.17) is 16.3 Å². The van der Waals surface area contributed by atoms with Crippen molar-refractivity contribution in [2.45, 2.75) is 11.8 Å².